The Hall–Kier alpha value is -2.89. The Morgan fingerprint density at radius 1 is 1.20 bits per heavy atom. The highest BCUT2D eigenvalue weighted by Gasteiger charge is 2.26. The third-order valence-electron chi connectivity index (χ3n) is 5.64. The highest BCUT2D eigenvalue weighted by molar-refractivity contribution is 7.98. The van der Waals surface area contributed by atoms with Crippen molar-refractivity contribution < 1.29 is 27.5 Å². The highest BCUT2D eigenvalue weighted by atomic mass is 32.2. The van der Waals surface area contributed by atoms with Crippen molar-refractivity contribution in [3.05, 3.63) is 54.1 Å². The number of carbonyl (C=O) groups is 3. The molecule has 0 radical (unpaired) electrons. The maximum Gasteiger partial charge on any atom is 0.328 e. The summed E-state index contributed by atoms with van der Waals surface area (Å²) in [7, 11) is -2.64. The van der Waals surface area contributed by atoms with Crippen LogP contribution in [0, 0.1) is 0 Å². The fourth-order valence-electron chi connectivity index (χ4n) is 3.73. The second-order valence-electron chi connectivity index (χ2n) is 8.06. The fraction of sp³-hybridized carbons (Fsp3) is 0.375. The lowest BCUT2D eigenvalue weighted by molar-refractivity contribution is -0.142. The number of hydrogen-bond acceptors (Lipinski definition) is 7. The number of thioether (sulfide) groups is 1. The van der Waals surface area contributed by atoms with Crippen LogP contribution in [0.3, 0.4) is 0 Å². The first-order chi connectivity index (χ1) is 16.7. The van der Waals surface area contributed by atoms with E-state index in [2.05, 4.69) is 15.4 Å². The Labute approximate surface area is 209 Å². The van der Waals surface area contributed by atoms with Crippen molar-refractivity contribution in [3.8, 4) is 11.1 Å². The second-order valence-corrected chi connectivity index (χ2v) is 10.8. The zero-order chi connectivity index (χ0) is 25.4. The molecule has 35 heavy (non-hydrogen) atoms. The summed E-state index contributed by atoms with van der Waals surface area (Å²) in [5.41, 5.74) is 1.29. The van der Waals surface area contributed by atoms with E-state index >= 15 is 0 Å². The van der Waals surface area contributed by atoms with Gasteiger partial charge in [0.1, 0.15) is 6.04 Å². The number of esters is 1. The Balaban J connectivity index is 1.90. The van der Waals surface area contributed by atoms with E-state index in [1.54, 1.807) is 36.0 Å². The first-order valence-corrected chi connectivity index (χ1v) is 14.0. The van der Waals surface area contributed by atoms with E-state index in [4.69, 9.17) is 4.74 Å². The number of nitrogens with one attached hydrogen (secondary N) is 3. The molecule has 9 nitrogen and oxygen atoms in total. The predicted molar refractivity (Wildman–Crippen MR) is 135 cm³/mol. The third kappa shape index (κ3) is 7.06. The van der Waals surface area contributed by atoms with Crippen LogP contribution in [0.4, 0.5) is 0 Å². The maximum atomic E-state index is 13.2. The lowest BCUT2D eigenvalue weighted by Gasteiger charge is -2.18. The number of methoxy groups -OCH3 is 1. The Morgan fingerprint density at radius 3 is 2.57 bits per heavy atom. The standard InChI is InChI=1S/C24H29N3O6S2/c1-33-24(30)21(12-13-34-2)27-23(29)19-10-9-18(14-20(19)16-6-4-3-5-7-16)35(31,32)25-15-17-8-11-22(28)26-17/h3-7,9-10,14,17,21,25H,8,11-13,15H2,1-2H3,(H,26,28)(H,27,29)/t17?,21-/m0/s1. The van der Waals surface area contributed by atoms with Gasteiger partial charge in [0.15, 0.2) is 0 Å². The van der Waals surface area contributed by atoms with Crippen LogP contribution in [-0.2, 0) is 24.3 Å². The molecule has 1 aliphatic rings. The average molecular weight is 520 g/mol. The summed E-state index contributed by atoms with van der Waals surface area (Å²) in [6.07, 6.45) is 3.23. The minimum absolute atomic E-state index is 0.0101. The van der Waals surface area contributed by atoms with Crippen molar-refractivity contribution in [2.75, 3.05) is 25.7 Å². The minimum Gasteiger partial charge on any atom is -0.467 e. The Kier molecular flexibility index (Phi) is 9.30. The smallest absolute Gasteiger partial charge is 0.328 e. The van der Waals surface area contributed by atoms with Gasteiger partial charge in [-0.15, -0.1) is 0 Å². The molecular formula is C24H29N3O6S2. The molecule has 1 unspecified atom stereocenters. The molecule has 1 heterocycles. The van der Waals surface area contributed by atoms with Gasteiger partial charge >= 0.3 is 5.97 Å². The molecule has 2 aromatic rings. The van der Waals surface area contributed by atoms with Gasteiger partial charge in [-0.2, -0.15) is 11.8 Å². The molecule has 2 amide bonds. The molecular weight excluding hydrogens is 490 g/mol. The number of sulfonamides is 1. The molecule has 0 aliphatic carbocycles. The SMILES string of the molecule is COC(=O)[C@H](CCSC)NC(=O)c1ccc(S(=O)(=O)NCC2CCC(=O)N2)cc1-c1ccccc1. The molecule has 0 bridgehead atoms. The largest absolute Gasteiger partial charge is 0.467 e. The van der Waals surface area contributed by atoms with Crippen molar-refractivity contribution in [1.82, 2.24) is 15.4 Å². The van der Waals surface area contributed by atoms with E-state index in [0.717, 1.165) is 0 Å². The normalized spacial score (nSPS) is 16.4. The van der Waals surface area contributed by atoms with E-state index in [0.29, 0.717) is 36.1 Å². The van der Waals surface area contributed by atoms with Crippen LogP contribution in [0.1, 0.15) is 29.6 Å². The number of carbonyl (C=O) groups excluding carboxylic acids is 3. The number of rotatable bonds is 11. The molecule has 1 fully saturated rings. The van der Waals surface area contributed by atoms with Gasteiger partial charge in [0, 0.05) is 24.6 Å². The summed E-state index contributed by atoms with van der Waals surface area (Å²) in [6.45, 7) is 0.0766. The number of hydrogen-bond donors (Lipinski definition) is 3. The van der Waals surface area contributed by atoms with Gasteiger partial charge in [0.25, 0.3) is 5.91 Å². The highest BCUT2D eigenvalue weighted by Crippen LogP contribution is 2.27. The summed E-state index contributed by atoms with van der Waals surface area (Å²) in [6, 6.07) is 12.1. The topological polar surface area (TPSA) is 131 Å². The summed E-state index contributed by atoms with van der Waals surface area (Å²) in [4.78, 5) is 36.7. The van der Waals surface area contributed by atoms with Crippen molar-refractivity contribution >= 4 is 39.6 Å². The van der Waals surface area contributed by atoms with Gasteiger partial charge in [0.2, 0.25) is 15.9 Å². The molecule has 2 atom stereocenters. The van der Waals surface area contributed by atoms with Crippen LogP contribution in [0.2, 0.25) is 0 Å². The van der Waals surface area contributed by atoms with Gasteiger partial charge in [0.05, 0.1) is 12.0 Å². The van der Waals surface area contributed by atoms with Crippen molar-refractivity contribution in [1.29, 1.82) is 0 Å². The lowest BCUT2D eigenvalue weighted by atomic mass is 9.99. The van der Waals surface area contributed by atoms with Gasteiger partial charge < -0.3 is 15.4 Å². The summed E-state index contributed by atoms with van der Waals surface area (Å²) in [5, 5.41) is 5.45. The zero-order valence-electron chi connectivity index (χ0n) is 19.6. The number of amides is 2. The molecule has 11 heteroatoms. The predicted octanol–water partition coefficient (Wildman–Crippen LogP) is 1.94. The fourth-order valence-corrected chi connectivity index (χ4v) is 5.31. The van der Waals surface area contributed by atoms with E-state index in [9.17, 15) is 22.8 Å². The second kappa shape index (κ2) is 12.2. The van der Waals surface area contributed by atoms with Gasteiger partial charge in [-0.1, -0.05) is 30.3 Å². The van der Waals surface area contributed by atoms with E-state index < -0.39 is 27.9 Å². The average Bonchev–Trinajstić information content (AvgIpc) is 3.30. The summed E-state index contributed by atoms with van der Waals surface area (Å²) < 4.78 is 33.3. The summed E-state index contributed by atoms with van der Waals surface area (Å²) in [5.74, 6) is -0.503. The molecule has 3 rings (SSSR count). The van der Waals surface area contributed by atoms with Crippen LogP contribution in [0.25, 0.3) is 11.1 Å². The molecule has 2 aromatic carbocycles. The van der Waals surface area contributed by atoms with Crippen molar-refractivity contribution in [2.24, 2.45) is 0 Å². The quantitative estimate of drug-likeness (QED) is 0.387. The first-order valence-electron chi connectivity index (χ1n) is 11.1. The van der Waals surface area contributed by atoms with E-state index in [1.165, 1.54) is 25.3 Å². The minimum atomic E-state index is -3.90. The molecule has 0 aromatic heterocycles. The molecule has 0 spiro atoms. The Morgan fingerprint density at radius 2 is 1.94 bits per heavy atom. The van der Waals surface area contributed by atoms with Gasteiger partial charge in [-0.05, 0) is 54.2 Å². The van der Waals surface area contributed by atoms with Crippen LogP contribution in [0.5, 0.6) is 0 Å². The van der Waals surface area contributed by atoms with Gasteiger partial charge in [-0.3, -0.25) is 9.59 Å². The lowest BCUT2D eigenvalue weighted by Crippen LogP contribution is -2.42. The molecule has 0 saturated carbocycles. The van der Waals surface area contributed by atoms with Crippen LogP contribution < -0.4 is 15.4 Å². The number of benzene rings is 2. The maximum absolute atomic E-state index is 13.2. The van der Waals surface area contributed by atoms with E-state index in [1.807, 2.05) is 12.3 Å². The summed E-state index contributed by atoms with van der Waals surface area (Å²) >= 11 is 1.54. The Bertz CT molecular complexity index is 1170. The molecule has 1 aliphatic heterocycles. The molecule has 1 saturated heterocycles. The van der Waals surface area contributed by atoms with Crippen molar-refractivity contribution in [2.45, 2.75) is 36.2 Å². The van der Waals surface area contributed by atoms with Gasteiger partial charge in [-0.25, -0.2) is 17.9 Å². The molecule has 3 N–H and O–H groups in total. The van der Waals surface area contributed by atoms with Crippen molar-refractivity contribution in [3.63, 3.8) is 0 Å². The number of ether oxygens (including phenoxy) is 1. The monoisotopic (exact) mass is 519 g/mol. The third-order valence-corrected chi connectivity index (χ3v) is 7.70. The van der Waals surface area contributed by atoms with Crippen LogP contribution >= 0.6 is 11.8 Å². The zero-order valence-corrected chi connectivity index (χ0v) is 21.2. The van der Waals surface area contributed by atoms with Crippen LogP contribution in [0.15, 0.2) is 53.4 Å². The molecule has 188 valence electrons. The van der Waals surface area contributed by atoms with E-state index in [-0.39, 0.29) is 29.0 Å². The van der Waals surface area contributed by atoms with Crippen LogP contribution in [-0.4, -0.2) is 63.9 Å². The first kappa shape index (κ1) is 26.7.